The summed E-state index contributed by atoms with van der Waals surface area (Å²) in [6.45, 7) is 9.95. The highest BCUT2D eigenvalue weighted by Gasteiger charge is 1.96. The highest BCUT2D eigenvalue weighted by Crippen LogP contribution is 2.27. The lowest BCUT2D eigenvalue weighted by molar-refractivity contribution is 1.11. The highest BCUT2D eigenvalue weighted by atomic mass is 32.2. The summed E-state index contributed by atoms with van der Waals surface area (Å²) in [5.41, 5.74) is 2.62. The van der Waals surface area contributed by atoms with E-state index in [9.17, 15) is 0 Å². The van der Waals surface area contributed by atoms with E-state index < -0.39 is 0 Å². The average Bonchev–Trinajstić information content (AvgIpc) is 2.50. The molecule has 2 aromatic rings. The van der Waals surface area contributed by atoms with Gasteiger partial charge in [0.2, 0.25) is 0 Å². The molecule has 0 bridgehead atoms. The van der Waals surface area contributed by atoms with Gasteiger partial charge in [0.1, 0.15) is 0 Å². The first-order chi connectivity index (χ1) is 10.2. The van der Waals surface area contributed by atoms with Crippen molar-refractivity contribution in [2.45, 2.75) is 51.8 Å². The maximum absolute atomic E-state index is 3.56. The molecule has 0 heterocycles. The van der Waals surface area contributed by atoms with E-state index in [1.807, 2.05) is 5.41 Å². The van der Waals surface area contributed by atoms with Crippen molar-refractivity contribution in [2.75, 3.05) is 5.75 Å². The Morgan fingerprint density at radius 1 is 0.870 bits per heavy atom. The molecule has 0 aliphatic carbocycles. The van der Waals surface area contributed by atoms with Gasteiger partial charge in [0.15, 0.2) is 0 Å². The van der Waals surface area contributed by atoms with Crippen molar-refractivity contribution in [3.05, 3.63) is 71.6 Å². The van der Waals surface area contributed by atoms with Crippen LogP contribution in [0.4, 0.5) is 0 Å². The summed E-state index contributed by atoms with van der Waals surface area (Å²) in [6.07, 6.45) is 1.25. The van der Waals surface area contributed by atoms with E-state index in [4.69, 9.17) is 0 Å². The fourth-order valence-electron chi connectivity index (χ4n) is 1.55. The molecule has 130 valence electrons. The molecule has 2 aromatic carbocycles. The van der Waals surface area contributed by atoms with Gasteiger partial charge in [-0.15, -0.1) is 11.8 Å². The lowest BCUT2D eigenvalue weighted by atomic mass is 10.2. The molecule has 0 N–H and O–H groups in total. The summed E-state index contributed by atoms with van der Waals surface area (Å²) in [4.78, 5) is 2.59. The molecule has 0 unspecified atom stereocenters. The topological polar surface area (TPSA) is 0 Å². The van der Waals surface area contributed by atoms with Crippen LogP contribution in [0.5, 0.6) is 0 Å². The molecule has 0 aliphatic rings. The minimum absolute atomic E-state index is 0. The molecule has 23 heavy (non-hydrogen) atoms. The zero-order valence-electron chi connectivity index (χ0n) is 13.1. The van der Waals surface area contributed by atoms with Crippen molar-refractivity contribution < 1.29 is 1.43 Å². The Bertz CT molecular complexity index is 475. The van der Waals surface area contributed by atoms with Gasteiger partial charge in [0.25, 0.3) is 0 Å². The molecule has 0 radical (unpaired) electrons. The molecular formula is C21H34S2. The molecule has 0 atom stereocenters. The molecule has 0 amide bonds. The van der Waals surface area contributed by atoms with Crippen LogP contribution < -0.4 is 0 Å². The second kappa shape index (κ2) is 14.5. The fraction of sp³-hybridized carbons (Fsp3) is 0.333. The standard InChI is InChI=1S/C14H14S.C5H10S.2CH4.H2/c1-11-3-7-13(8-4-11)15-14-9-5-12(2)6-10-14;1-3-5-6-4-2;;;/h3-10H,1-2H3;4H,2-3,5H2,1H3;2*1H4;1H. The lowest BCUT2D eigenvalue weighted by Crippen LogP contribution is -1.76. The van der Waals surface area contributed by atoms with E-state index in [1.165, 1.54) is 33.1 Å². The van der Waals surface area contributed by atoms with Crippen molar-refractivity contribution in [1.82, 2.24) is 0 Å². The molecule has 2 heteroatoms. The molecule has 0 fully saturated rings. The third-order valence-corrected chi connectivity index (χ3v) is 4.61. The molecule has 2 rings (SSSR count). The Balaban J connectivity index is -0.000000432. The fourth-order valence-corrected chi connectivity index (χ4v) is 2.77. The van der Waals surface area contributed by atoms with Crippen LogP contribution in [0, 0.1) is 13.8 Å². The third-order valence-electron chi connectivity index (χ3n) is 2.72. The van der Waals surface area contributed by atoms with E-state index in [-0.39, 0.29) is 16.3 Å². The van der Waals surface area contributed by atoms with Crippen LogP contribution >= 0.6 is 23.5 Å². The van der Waals surface area contributed by atoms with Crippen molar-refractivity contribution in [3.8, 4) is 0 Å². The summed E-state index contributed by atoms with van der Waals surface area (Å²) in [6, 6.07) is 17.3. The second-order valence-electron chi connectivity index (χ2n) is 4.77. The predicted molar refractivity (Wildman–Crippen MR) is 115 cm³/mol. The van der Waals surface area contributed by atoms with Gasteiger partial charge in [0.05, 0.1) is 0 Å². The van der Waals surface area contributed by atoms with Gasteiger partial charge in [-0.05, 0) is 55.7 Å². The van der Waals surface area contributed by atoms with Crippen molar-refractivity contribution in [2.24, 2.45) is 0 Å². The van der Waals surface area contributed by atoms with Gasteiger partial charge in [-0.3, -0.25) is 0 Å². The molecular weight excluding hydrogens is 316 g/mol. The van der Waals surface area contributed by atoms with Crippen LogP contribution in [0.3, 0.4) is 0 Å². The summed E-state index contributed by atoms with van der Waals surface area (Å²) in [5.74, 6) is 1.21. The quantitative estimate of drug-likeness (QED) is 0.498. The Kier molecular flexibility index (Phi) is 15.2. The Hall–Kier alpha value is -1.12. The maximum Gasteiger partial charge on any atom is 0.0122 e. The van der Waals surface area contributed by atoms with Crippen LogP contribution in [-0.4, -0.2) is 5.75 Å². The number of rotatable bonds is 5. The van der Waals surface area contributed by atoms with Crippen LogP contribution in [-0.2, 0) is 0 Å². The minimum Gasteiger partial charge on any atom is -0.135 e. The van der Waals surface area contributed by atoms with Gasteiger partial charge < -0.3 is 0 Å². The summed E-state index contributed by atoms with van der Waals surface area (Å²) in [5, 5.41) is 1.88. The predicted octanol–water partition coefficient (Wildman–Crippen LogP) is 8.25. The Morgan fingerprint density at radius 2 is 1.26 bits per heavy atom. The SMILES string of the molecule is C.C.C=CSCCC.Cc1ccc(Sc2ccc(C)cc2)cc1.[HH]. The number of hydrogen-bond acceptors (Lipinski definition) is 2. The van der Waals surface area contributed by atoms with Crippen LogP contribution in [0.1, 0.15) is 40.8 Å². The number of hydrogen-bond donors (Lipinski definition) is 0. The Labute approximate surface area is 154 Å². The van der Waals surface area contributed by atoms with Crippen LogP contribution in [0.2, 0.25) is 0 Å². The first-order valence-electron chi connectivity index (χ1n) is 7.19. The van der Waals surface area contributed by atoms with Gasteiger partial charge in [-0.25, -0.2) is 0 Å². The minimum atomic E-state index is 0. The van der Waals surface area contributed by atoms with E-state index in [2.05, 4.69) is 75.9 Å². The Morgan fingerprint density at radius 3 is 1.52 bits per heavy atom. The first-order valence-corrected chi connectivity index (χ1v) is 9.06. The first kappa shape index (κ1) is 24.1. The van der Waals surface area contributed by atoms with E-state index in [0.29, 0.717) is 0 Å². The third kappa shape index (κ3) is 11.1. The van der Waals surface area contributed by atoms with E-state index in [1.54, 1.807) is 23.5 Å². The zero-order valence-corrected chi connectivity index (χ0v) is 14.8. The molecule has 0 aliphatic heterocycles. The van der Waals surface area contributed by atoms with Crippen LogP contribution in [0.25, 0.3) is 0 Å². The number of benzene rings is 2. The molecule has 0 saturated carbocycles. The molecule has 0 spiro atoms. The number of thioether (sulfide) groups is 1. The van der Waals surface area contributed by atoms with Crippen molar-refractivity contribution in [3.63, 3.8) is 0 Å². The summed E-state index contributed by atoms with van der Waals surface area (Å²) < 4.78 is 0. The molecule has 0 nitrogen and oxygen atoms in total. The van der Waals surface area contributed by atoms with Gasteiger partial charge in [-0.1, -0.05) is 75.5 Å². The molecule has 0 aromatic heterocycles. The van der Waals surface area contributed by atoms with Crippen LogP contribution in [0.15, 0.2) is 70.3 Å². The second-order valence-corrected chi connectivity index (χ2v) is 6.99. The highest BCUT2D eigenvalue weighted by molar-refractivity contribution is 8.02. The summed E-state index contributed by atoms with van der Waals surface area (Å²) in [7, 11) is 0. The maximum atomic E-state index is 3.56. The zero-order chi connectivity index (χ0) is 15.5. The van der Waals surface area contributed by atoms with Gasteiger partial charge in [0, 0.05) is 11.2 Å². The lowest BCUT2D eigenvalue weighted by Gasteiger charge is -2.02. The monoisotopic (exact) mass is 350 g/mol. The van der Waals surface area contributed by atoms with Gasteiger partial charge in [-0.2, -0.15) is 0 Å². The van der Waals surface area contributed by atoms with Gasteiger partial charge >= 0.3 is 0 Å². The van der Waals surface area contributed by atoms with Crippen molar-refractivity contribution >= 4 is 23.5 Å². The van der Waals surface area contributed by atoms with Crippen molar-refractivity contribution in [1.29, 1.82) is 0 Å². The largest absolute Gasteiger partial charge is 0.135 e. The summed E-state index contributed by atoms with van der Waals surface area (Å²) >= 11 is 3.58. The molecule has 0 saturated heterocycles. The number of aryl methyl sites for hydroxylation is 2. The average molecular weight is 351 g/mol. The van der Waals surface area contributed by atoms with E-state index in [0.717, 1.165) is 0 Å². The normalized spacial score (nSPS) is 8.83. The smallest absolute Gasteiger partial charge is 0.0122 e. The van der Waals surface area contributed by atoms with E-state index >= 15 is 0 Å².